The number of aromatic nitrogens is 1. The highest BCUT2D eigenvalue weighted by molar-refractivity contribution is 6.06. The van der Waals surface area contributed by atoms with E-state index in [-0.39, 0.29) is 24.0 Å². The fourth-order valence-corrected chi connectivity index (χ4v) is 3.59. The zero-order chi connectivity index (χ0) is 21.8. The van der Waals surface area contributed by atoms with Gasteiger partial charge in [0.05, 0.1) is 6.42 Å². The summed E-state index contributed by atoms with van der Waals surface area (Å²) in [7, 11) is 0. The van der Waals surface area contributed by atoms with Crippen molar-refractivity contribution in [1.82, 2.24) is 15.2 Å². The van der Waals surface area contributed by atoms with Gasteiger partial charge in [0.25, 0.3) is 0 Å². The standard InChI is InChI=1S/C22H24N6O3/c1-15(29)16-5-7-17(8-6-16)24-21(31)18-14-20(30)26-22(25-18)28-12-10-27(11-13-28)19-4-2-3-9-23-19/h2-9,18H,10-14H2,1H3,(H,24,31)(H,25,26,30). The molecule has 0 radical (unpaired) electrons. The smallest absolute Gasteiger partial charge is 0.249 e. The molecule has 1 fully saturated rings. The number of ketones is 1. The summed E-state index contributed by atoms with van der Waals surface area (Å²) in [5, 5.41) is 5.57. The molecular formula is C22H24N6O3. The second-order valence-corrected chi connectivity index (χ2v) is 7.51. The molecule has 2 aromatic rings. The van der Waals surface area contributed by atoms with Gasteiger partial charge >= 0.3 is 0 Å². The number of hydrogen-bond donors (Lipinski definition) is 2. The maximum atomic E-state index is 12.7. The number of piperazine rings is 1. The van der Waals surface area contributed by atoms with Crippen LogP contribution in [-0.4, -0.2) is 65.7 Å². The van der Waals surface area contributed by atoms with E-state index in [1.54, 1.807) is 30.5 Å². The van der Waals surface area contributed by atoms with Gasteiger partial charge in [-0.25, -0.2) is 9.98 Å². The van der Waals surface area contributed by atoms with Crippen molar-refractivity contribution in [3.63, 3.8) is 0 Å². The lowest BCUT2D eigenvalue weighted by Crippen LogP contribution is -2.56. The van der Waals surface area contributed by atoms with E-state index < -0.39 is 6.04 Å². The molecule has 9 heteroatoms. The first-order valence-electron chi connectivity index (χ1n) is 10.2. The average Bonchev–Trinajstić information content (AvgIpc) is 2.79. The van der Waals surface area contributed by atoms with Crippen LogP contribution in [0.25, 0.3) is 0 Å². The third-order valence-electron chi connectivity index (χ3n) is 5.32. The number of benzene rings is 1. The predicted octanol–water partition coefficient (Wildman–Crippen LogP) is 1.29. The van der Waals surface area contributed by atoms with Crippen molar-refractivity contribution in [1.29, 1.82) is 0 Å². The van der Waals surface area contributed by atoms with Crippen molar-refractivity contribution in [3.8, 4) is 0 Å². The molecule has 0 aliphatic carbocycles. The number of anilines is 2. The van der Waals surface area contributed by atoms with E-state index >= 15 is 0 Å². The van der Waals surface area contributed by atoms with Crippen LogP contribution in [0.2, 0.25) is 0 Å². The number of rotatable bonds is 4. The molecule has 1 aromatic heterocycles. The van der Waals surface area contributed by atoms with Crippen molar-refractivity contribution in [2.24, 2.45) is 4.99 Å². The van der Waals surface area contributed by atoms with Gasteiger partial charge in [0.1, 0.15) is 11.9 Å². The van der Waals surface area contributed by atoms with E-state index in [2.05, 4.69) is 25.5 Å². The summed E-state index contributed by atoms with van der Waals surface area (Å²) in [4.78, 5) is 49.4. The topological polar surface area (TPSA) is 107 Å². The number of nitrogens with zero attached hydrogens (tertiary/aromatic N) is 4. The summed E-state index contributed by atoms with van der Waals surface area (Å²) < 4.78 is 0. The van der Waals surface area contributed by atoms with Crippen LogP contribution in [-0.2, 0) is 9.59 Å². The van der Waals surface area contributed by atoms with Crippen molar-refractivity contribution in [2.75, 3.05) is 36.4 Å². The maximum Gasteiger partial charge on any atom is 0.249 e. The van der Waals surface area contributed by atoms with Crippen LogP contribution in [0.1, 0.15) is 23.7 Å². The summed E-state index contributed by atoms with van der Waals surface area (Å²) in [6.07, 6.45) is 1.76. The highest BCUT2D eigenvalue weighted by atomic mass is 16.2. The third-order valence-corrected chi connectivity index (χ3v) is 5.32. The van der Waals surface area contributed by atoms with Crippen LogP contribution >= 0.6 is 0 Å². The van der Waals surface area contributed by atoms with E-state index in [0.29, 0.717) is 30.3 Å². The third kappa shape index (κ3) is 4.88. The summed E-state index contributed by atoms with van der Waals surface area (Å²) in [6.45, 7) is 4.30. The van der Waals surface area contributed by atoms with Gasteiger partial charge in [-0.2, -0.15) is 0 Å². The molecule has 2 amide bonds. The second-order valence-electron chi connectivity index (χ2n) is 7.51. The lowest BCUT2D eigenvalue weighted by Gasteiger charge is -2.38. The molecule has 3 heterocycles. The number of Topliss-reactive ketones (excluding diaryl/α,β-unsaturated/α-hetero) is 1. The summed E-state index contributed by atoms with van der Waals surface area (Å²) >= 11 is 0. The lowest BCUT2D eigenvalue weighted by molar-refractivity contribution is -0.125. The Hall–Kier alpha value is -3.75. The molecule has 2 aliphatic heterocycles. The molecule has 1 unspecified atom stereocenters. The van der Waals surface area contributed by atoms with E-state index in [1.807, 2.05) is 23.1 Å². The van der Waals surface area contributed by atoms with E-state index in [0.717, 1.165) is 18.9 Å². The van der Waals surface area contributed by atoms with Crippen LogP contribution in [0.4, 0.5) is 11.5 Å². The SMILES string of the molecule is CC(=O)c1ccc(NC(=O)C2CC(=O)NC(N3CCN(c4ccccn4)CC3)=N2)cc1. The van der Waals surface area contributed by atoms with Crippen LogP contribution in [0.5, 0.6) is 0 Å². The molecular weight excluding hydrogens is 396 g/mol. The number of amides is 2. The maximum absolute atomic E-state index is 12.7. The van der Waals surface area contributed by atoms with Crippen molar-refractivity contribution >= 4 is 35.1 Å². The van der Waals surface area contributed by atoms with Crippen LogP contribution in [0.15, 0.2) is 53.7 Å². The van der Waals surface area contributed by atoms with Crippen molar-refractivity contribution in [3.05, 3.63) is 54.2 Å². The number of carbonyl (C=O) groups is 3. The Kier molecular flexibility index (Phi) is 5.92. The van der Waals surface area contributed by atoms with Gasteiger partial charge in [-0.15, -0.1) is 0 Å². The Labute approximate surface area is 180 Å². The van der Waals surface area contributed by atoms with Crippen molar-refractivity contribution in [2.45, 2.75) is 19.4 Å². The minimum atomic E-state index is -0.801. The molecule has 31 heavy (non-hydrogen) atoms. The molecule has 2 N–H and O–H groups in total. The van der Waals surface area contributed by atoms with Crippen LogP contribution in [0.3, 0.4) is 0 Å². The van der Waals surface area contributed by atoms with Crippen LogP contribution < -0.4 is 15.5 Å². The van der Waals surface area contributed by atoms with Crippen molar-refractivity contribution < 1.29 is 14.4 Å². The highest BCUT2D eigenvalue weighted by Gasteiger charge is 2.30. The normalized spacial score (nSPS) is 18.8. The molecule has 1 atom stereocenters. The number of guanidine groups is 1. The van der Waals surface area contributed by atoms with E-state index in [1.165, 1.54) is 6.92 Å². The zero-order valence-electron chi connectivity index (χ0n) is 17.2. The number of pyridine rings is 1. The van der Waals surface area contributed by atoms with Gasteiger partial charge in [-0.3, -0.25) is 19.7 Å². The Morgan fingerprint density at radius 2 is 1.74 bits per heavy atom. The monoisotopic (exact) mass is 420 g/mol. The van der Waals surface area contributed by atoms with Crippen LogP contribution in [0, 0.1) is 0 Å². The Balaban J connectivity index is 1.40. The fraction of sp³-hybridized carbons (Fsp3) is 0.318. The summed E-state index contributed by atoms with van der Waals surface area (Å²) in [6, 6.07) is 11.6. The summed E-state index contributed by atoms with van der Waals surface area (Å²) in [5.41, 5.74) is 1.13. The molecule has 9 nitrogen and oxygen atoms in total. The van der Waals surface area contributed by atoms with Gasteiger partial charge in [-0.05, 0) is 43.3 Å². The summed E-state index contributed by atoms with van der Waals surface area (Å²) in [5.74, 6) is 0.729. The van der Waals surface area contributed by atoms with Gasteiger partial charge in [0.15, 0.2) is 5.78 Å². The first-order chi connectivity index (χ1) is 15.0. The molecule has 1 saturated heterocycles. The van der Waals surface area contributed by atoms with E-state index in [4.69, 9.17) is 0 Å². The number of aliphatic imine (C=N–C) groups is 1. The number of hydrogen-bond acceptors (Lipinski definition) is 7. The molecule has 0 spiro atoms. The van der Waals surface area contributed by atoms with Gasteiger partial charge in [0.2, 0.25) is 17.8 Å². The zero-order valence-corrected chi connectivity index (χ0v) is 17.2. The molecule has 1 aromatic carbocycles. The Morgan fingerprint density at radius 3 is 2.39 bits per heavy atom. The largest absolute Gasteiger partial charge is 0.353 e. The molecule has 0 bridgehead atoms. The van der Waals surface area contributed by atoms with E-state index in [9.17, 15) is 14.4 Å². The first kappa shape index (κ1) is 20.5. The molecule has 0 saturated carbocycles. The second kappa shape index (κ2) is 8.95. The first-order valence-corrected chi connectivity index (χ1v) is 10.2. The van der Waals surface area contributed by atoms with Gasteiger partial charge < -0.3 is 15.1 Å². The van der Waals surface area contributed by atoms with Gasteiger partial charge in [-0.1, -0.05) is 6.07 Å². The quantitative estimate of drug-likeness (QED) is 0.722. The minimum absolute atomic E-state index is 0.00520. The Morgan fingerprint density at radius 1 is 1.03 bits per heavy atom. The number of carbonyl (C=O) groups excluding carboxylic acids is 3. The molecule has 160 valence electrons. The molecule has 4 rings (SSSR count). The van der Waals surface area contributed by atoms with Gasteiger partial charge in [0, 0.05) is 43.6 Å². The number of nitrogens with one attached hydrogen (secondary N) is 2. The lowest BCUT2D eigenvalue weighted by atomic mass is 10.1. The minimum Gasteiger partial charge on any atom is -0.353 e. The fourth-order valence-electron chi connectivity index (χ4n) is 3.59. The average molecular weight is 420 g/mol. The Bertz CT molecular complexity index is 998. The molecule has 2 aliphatic rings. The predicted molar refractivity (Wildman–Crippen MR) is 117 cm³/mol. The highest BCUT2D eigenvalue weighted by Crippen LogP contribution is 2.16.